The average molecular weight is 396 g/mol. The molecule has 1 N–H and O–H groups in total. The van der Waals surface area contributed by atoms with Crippen molar-refractivity contribution in [2.24, 2.45) is 0 Å². The Labute approximate surface area is 160 Å². The molecule has 1 aliphatic heterocycles. The molecule has 1 heterocycles. The monoisotopic (exact) mass is 396 g/mol. The van der Waals surface area contributed by atoms with Crippen molar-refractivity contribution in [3.8, 4) is 5.75 Å². The third-order valence-corrected chi connectivity index (χ3v) is 4.52. The van der Waals surface area contributed by atoms with Crippen LogP contribution in [-0.4, -0.2) is 32.2 Å². The minimum Gasteiger partial charge on any atom is -0.435 e. The summed E-state index contributed by atoms with van der Waals surface area (Å²) in [6, 6.07) is 8.31. The Morgan fingerprint density at radius 2 is 1.93 bits per heavy atom. The minimum atomic E-state index is -2.87. The van der Waals surface area contributed by atoms with Crippen LogP contribution in [0.4, 0.5) is 23.2 Å². The molecule has 1 aliphatic rings. The Kier molecular flexibility index (Phi) is 6.38. The van der Waals surface area contributed by atoms with E-state index < -0.39 is 18.2 Å². The highest BCUT2D eigenvalue weighted by molar-refractivity contribution is 5.82. The lowest BCUT2D eigenvalue weighted by atomic mass is 10.0. The third kappa shape index (κ3) is 5.15. The standard InChI is InChI=1S/C20H20F4N2O2/c21-15-10-14-2-1-9-26(19(14)17(22)11-15)12-18(27)25-8-7-13-3-5-16(6-4-13)28-20(23)24/h3-6,10-11,20H,1-2,7-9,12H2,(H,25,27). The number of hydrogen-bond donors (Lipinski definition) is 1. The lowest BCUT2D eigenvalue weighted by Gasteiger charge is -2.31. The second-order valence-corrected chi connectivity index (χ2v) is 6.54. The first-order valence-corrected chi connectivity index (χ1v) is 8.95. The van der Waals surface area contributed by atoms with Gasteiger partial charge in [-0.05, 0) is 48.6 Å². The van der Waals surface area contributed by atoms with Crippen molar-refractivity contribution >= 4 is 11.6 Å². The zero-order valence-electron chi connectivity index (χ0n) is 15.1. The highest BCUT2D eigenvalue weighted by atomic mass is 19.3. The summed E-state index contributed by atoms with van der Waals surface area (Å²) >= 11 is 0. The maximum absolute atomic E-state index is 14.1. The van der Waals surface area contributed by atoms with Crippen LogP contribution in [0.25, 0.3) is 0 Å². The molecular formula is C20H20F4N2O2. The first-order valence-electron chi connectivity index (χ1n) is 8.95. The topological polar surface area (TPSA) is 41.6 Å². The number of aryl methyl sites for hydroxylation is 1. The van der Waals surface area contributed by atoms with Crippen molar-refractivity contribution in [3.63, 3.8) is 0 Å². The number of hydrogen-bond acceptors (Lipinski definition) is 3. The summed E-state index contributed by atoms with van der Waals surface area (Å²) in [6.45, 7) is -2.02. The van der Waals surface area contributed by atoms with E-state index in [1.807, 2.05) is 0 Å². The molecular weight excluding hydrogens is 376 g/mol. The first-order chi connectivity index (χ1) is 13.4. The maximum Gasteiger partial charge on any atom is 0.387 e. The normalized spacial score (nSPS) is 13.4. The second kappa shape index (κ2) is 8.95. The predicted molar refractivity (Wildman–Crippen MR) is 96.7 cm³/mol. The molecule has 4 nitrogen and oxygen atoms in total. The summed E-state index contributed by atoms with van der Waals surface area (Å²) in [5.41, 5.74) is 1.71. The number of nitrogens with one attached hydrogen (secondary N) is 1. The minimum absolute atomic E-state index is 0.0171. The Bertz CT molecular complexity index is 828. The van der Waals surface area contributed by atoms with Crippen LogP contribution in [-0.2, 0) is 17.6 Å². The van der Waals surface area contributed by atoms with Gasteiger partial charge in [0.1, 0.15) is 17.4 Å². The van der Waals surface area contributed by atoms with Gasteiger partial charge in [0.25, 0.3) is 0 Å². The summed E-state index contributed by atoms with van der Waals surface area (Å²) in [7, 11) is 0. The molecule has 0 atom stereocenters. The Balaban J connectivity index is 1.50. The number of carbonyl (C=O) groups is 1. The highest BCUT2D eigenvalue weighted by Gasteiger charge is 2.23. The van der Waals surface area contributed by atoms with Crippen LogP contribution in [0, 0.1) is 11.6 Å². The maximum atomic E-state index is 14.1. The van der Waals surface area contributed by atoms with E-state index in [1.54, 1.807) is 17.0 Å². The van der Waals surface area contributed by atoms with Crippen LogP contribution < -0.4 is 15.0 Å². The van der Waals surface area contributed by atoms with Crippen molar-refractivity contribution in [1.29, 1.82) is 0 Å². The van der Waals surface area contributed by atoms with E-state index in [1.165, 1.54) is 18.2 Å². The first kappa shape index (κ1) is 20.0. The summed E-state index contributed by atoms with van der Waals surface area (Å²) in [5, 5.41) is 2.76. The third-order valence-electron chi connectivity index (χ3n) is 4.52. The number of amides is 1. The number of alkyl halides is 2. The molecule has 1 amide bonds. The average Bonchev–Trinajstić information content (AvgIpc) is 2.62. The van der Waals surface area contributed by atoms with Crippen LogP contribution in [0.2, 0.25) is 0 Å². The molecule has 2 aromatic rings. The molecule has 3 rings (SSSR count). The van der Waals surface area contributed by atoms with Crippen molar-refractivity contribution in [2.75, 3.05) is 24.5 Å². The highest BCUT2D eigenvalue weighted by Crippen LogP contribution is 2.30. The van der Waals surface area contributed by atoms with Crippen molar-refractivity contribution < 1.29 is 27.1 Å². The lowest BCUT2D eigenvalue weighted by molar-refractivity contribution is -0.119. The molecule has 0 bridgehead atoms. The molecule has 0 unspecified atom stereocenters. The molecule has 0 radical (unpaired) electrons. The fourth-order valence-corrected chi connectivity index (χ4v) is 3.31. The van der Waals surface area contributed by atoms with Crippen LogP contribution in [0.5, 0.6) is 5.75 Å². The van der Waals surface area contributed by atoms with Gasteiger partial charge in [-0.3, -0.25) is 4.79 Å². The van der Waals surface area contributed by atoms with Crippen molar-refractivity contribution in [1.82, 2.24) is 5.32 Å². The summed E-state index contributed by atoms with van der Waals surface area (Å²) in [6.07, 6.45) is 1.81. The van der Waals surface area contributed by atoms with E-state index in [2.05, 4.69) is 10.1 Å². The van der Waals surface area contributed by atoms with Crippen LogP contribution in [0.1, 0.15) is 17.5 Å². The Morgan fingerprint density at radius 1 is 1.18 bits per heavy atom. The number of rotatable bonds is 7. The Morgan fingerprint density at radius 3 is 2.64 bits per heavy atom. The molecule has 0 aromatic heterocycles. The molecule has 0 spiro atoms. The molecule has 0 aliphatic carbocycles. The Hall–Kier alpha value is -2.77. The van der Waals surface area contributed by atoms with Crippen LogP contribution >= 0.6 is 0 Å². The van der Waals surface area contributed by atoms with Gasteiger partial charge >= 0.3 is 6.61 Å². The largest absolute Gasteiger partial charge is 0.435 e. The predicted octanol–water partition coefficient (Wildman–Crippen LogP) is 3.68. The zero-order chi connectivity index (χ0) is 20.1. The van der Waals surface area contributed by atoms with Gasteiger partial charge in [-0.15, -0.1) is 0 Å². The smallest absolute Gasteiger partial charge is 0.387 e. The van der Waals surface area contributed by atoms with Gasteiger partial charge in [-0.1, -0.05) is 12.1 Å². The molecule has 0 saturated carbocycles. The number of ether oxygens (including phenoxy) is 1. The van der Waals surface area contributed by atoms with E-state index in [0.717, 1.165) is 18.1 Å². The van der Waals surface area contributed by atoms with E-state index in [0.29, 0.717) is 31.5 Å². The number of nitrogens with zero attached hydrogens (tertiary/aromatic N) is 1. The summed E-state index contributed by atoms with van der Waals surface area (Å²) in [5.74, 6) is -1.47. The van der Waals surface area contributed by atoms with Gasteiger partial charge in [0, 0.05) is 19.2 Å². The fourth-order valence-electron chi connectivity index (χ4n) is 3.31. The van der Waals surface area contributed by atoms with Gasteiger partial charge in [0.15, 0.2) is 0 Å². The zero-order valence-corrected chi connectivity index (χ0v) is 15.1. The molecule has 28 heavy (non-hydrogen) atoms. The van der Waals surface area contributed by atoms with Gasteiger partial charge in [-0.25, -0.2) is 8.78 Å². The fraction of sp³-hybridized carbons (Fsp3) is 0.350. The molecule has 2 aromatic carbocycles. The molecule has 0 saturated heterocycles. The number of fused-ring (bicyclic) bond motifs is 1. The number of anilines is 1. The molecule has 150 valence electrons. The number of carbonyl (C=O) groups excluding carboxylic acids is 1. The van der Waals surface area contributed by atoms with Gasteiger partial charge in [0.2, 0.25) is 5.91 Å². The summed E-state index contributed by atoms with van der Waals surface area (Å²) in [4.78, 5) is 13.8. The van der Waals surface area contributed by atoms with Crippen molar-refractivity contribution in [3.05, 3.63) is 59.2 Å². The van der Waals surface area contributed by atoms with Crippen LogP contribution in [0.3, 0.4) is 0 Å². The second-order valence-electron chi connectivity index (χ2n) is 6.54. The number of halogens is 4. The van der Waals surface area contributed by atoms with Gasteiger partial charge < -0.3 is 15.0 Å². The SMILES string of the molecule is O=C(CN1CCCc2cc(F)cc(F)c21)NCCc1ccc(OC(F)F)cc1. The van der Waals surface area contributed by atoms with E-state index in [4.69, 9.17) is 0 Å². The van der Waals surface area contributed by atoms with Crippen molar-refractivity contribution in [2.45, 2.75) is 25.9 Å². The van der Waals surface area contributed by atoms with Crippen LogP contribution in [0.15, 0.2) is 36.4 Å². The van der Waals surface area contributed by atoms with E-state index in [-0.39, 0.29) is 23.9 Å². The van der Waals surface area contributed by atoms with E-state index in [9.17, 15) is 22.4 Å². The molecule has 0 fully saturated rings. The summed E-state index contributed by atoms with van der Waals surface area (Å²) < 4.78 is 56.1. The molecule has 8 heteroatoms. The van der Waals surface area contributed by atoms with Gasteiger partial charge in [0.05, 0.1) is 12.2 Å². The quantitative estimate of drug-likeness (QED) is 0.726. The lowest BCUT2D eigenvalue weighted by Crippen LogP contribution is -2.40. The number of benzene rings is 2. The van der Waals surface area contributed by atoms with E-state index >= 15 is 0 Å². The van der Waals surface area contributed by atoms with Gasteiger partial charge in [-0.2, -0.15) is 8.78 Å².